The van der Waals surface area contributed by atoms with E-state index in [4.69, 9.17) is 14.2 Å². The molecule has 2 aromatic rings. The summed E-state index contributed by atoms with van der Waals surface area (Å²) in [4.78, 5) is 15.0. The van der Waals surface area contributed by atoms with E-state index in [1.165, 1.54) is 24.0 Å². The third-order valence-corrected chi connectivity index (χ3v) is 5.45. The highest BCUT2D eigenvalue weighted by Gasteiger charge is 2.29. The first-order valence-corrected chi connectivity index (χ1v) is 10.5. The summed E-state index contributed by atoms with van der Waals surface area (Å²) in [6.45, 7) is 3.78. The van der Waals surface area contributed by atoms with E-state index < -0.39 is 0 Å². The molecule has 0 spiro atoms. The van der Waals surface area contributed by atoms with Gasteiger partial charge in [-0.05, 0) is 30.4 Å². The maximum absolute atomic E-state index is 12.6. The number of nitrogens with zero attached hydrogens (tertiary/aromatic N) is 1. The van der Waals surface area contributed by atoms with E-state index in [9.17, 15) is 4.79 Å². The van der Waals surface area contributed by atoms with Gasteiger partial charge in [0.1, 0.15) is 0 Å². The average molecular weight is 413 g/mol. The smallest absolute Gasteiger partial charge is 0.225 e. The fraction of sp³-hybridized carbons (Fsp3) is 0.458. The topological polar surface area (TPSA) is 60.0 Å². The monoisotopic (exact) mass is 412 g/mol. The second-order valence-corrected chi connectivity index (χ2v) is 7.58. The number of methoxy groups -OCH3 is 3. The van der Waals surface area contributed by atoms with E-state index in [1.54, 1.807) is 33.5 Å². The highest BCUT2D eigenvalue weighted by atomic mass is 16.5. The Kier molecular flexibility index (Phi) is 7.57. The minimum Gasteiger partial charge on any atom is -0.493 e. The zero-order chi connectivity index (χ0) is 21.5. The largest absolute Gasteiger partial charge is 0.493 e. The predicted octanol–water partition coefficient (Wildman–Crippen LogP) is 4.27. The van der Waals surface area contributed by atoms with Gasteiger partial charge in [-0.2, -0.15) is 0 Å². The number of amides is 1. The minimum atomic E-state index is -0.0312. The lowest BCUT2D eigenvalue weighted by Crippen LogP contribution is -2.29. The van der Waals surface area contributed by atoms with Crippen LogP contribution in [-0.2, 0) is 17.8 Å². The van der Waals surface area contributed by atoms with Crippen molar-refractivity contribution in [2.45, 2.75) is 45.2 Å². The molecule has 1 amide bonds. The number of benzene rings is 2. The number of nitrogens with one attached hydrogen (secondary N) is 1. The molecule has 0 radical (unpaired) electrons. The van der Waals surface area contributed by atoms with Crippen LogP contribution in [0.1, 0.15) is 37.3 Å². The molecule has 1 aliphatic carbocycles. The lowest BCUT2D eigenvalue weighted by molar-refractivity contribution is -0.116. The Morgan fingerprint density at radius 1 is 1.00 bits per heavy atom. The van der Waals surface area contributed by atoms with Crippen molar-refractivity contribution in [3.8, 4) is 17.2 Å². The van der Waals surface area contributed by atoms with Crippen molar-refractivity contribution in [1.82, 2.24) is 4.90 Å². The third-order valence-electron chi connectivity index (χ3n) is 5.45. The van der Waals surface area contributed by atoms with Crippen LogP contribution in [0.2, 0.25) is 0 Å². The van der Waals surface area contributed by atoms with Gasteiger partial charge in [0.05, 0.1) is 21.3 Å². The van der Waals surface area contributed by atoms with E-state index in [2.05, 4.69) is 41.4 Å². The van der Waals surface area contributed by atoms with Crippen molar-refractivity contribution in [2.24, 2.45) is 0 Å². The molecule has 0 heterocycles. The lowest BCUT2D eigenvalue weighted by atomic mass is 10.1. The average Bonchev–Trinajstić information content (AvgIpc) is 3.61. The second kappa shape index (κ2) is 10.3. The molecule has 0 unspecified atom stereocenters. The number of carbonyl (C=O) groups excluding carboxylic acids is 1. The molecule has 1 fully saturated rings. The van der Waals surface area contributed by atoms with Crippen LogP contribution in [0.4, 0.5) is 5.69 Å². The second-order valence-electron chi connectivity index (χ2n) is 7.58. The third kappa shape index (κ3) is 5.66. The molecule has 0 aliphatic heterocycles. The quantitative estimate of drug-likeness (QED) is 0.597. The standard InChI is InChI=1S/C24H32N2O4/c1-5-17-6-8-18(9-7-17)16-26(20-10-11-20)13-12-23(27)25-19-14-21(28-2)24(30-4)22(15-19)29-3/h6-9,14-15,20H,5,10-13,16H2,1-4H3,(H,25,27). The van der Waals surface area contributed by atoms with Crippen LogP contribution < -0.4 is 19.5 Å². The minimum absolute atomic E-state index is 0.0312. The van der Waals surface area contributed by atoms with Gasteiger partial charge in [0.25, 0.3) is 0 Å². The number of ether oxygens (including phenoxy) is 3. The van der Waals surface area contributed by atoms with Crippen molar-refractivity contribution < 1.29 is 19.0 Å². The molecule has 0 atom stereocenters. The van der Waals surface area contributed by atoms with Crippen LogP contribution in [0.15, 0.2) is 36.4 Å². The summed E-state index contributed by atoms with van der Waals surface area (Å²) < 4.78 is 16.0. The highest BCUT2D eigenvalue weighted by molar-refractivity contribution is 5.91. The molecule has 0 saturated heterocycles. The Bertz CT molecular complexity index is 822. The number of hydrogen-bond acceptors (Lipinski definition) is 5. The first-order chi connectivity index (χ1) is 14.6. The Balaban J connectivity index is 1.59. The maximum Gasteiger partial charge on any atom is 0.225 e. The van der Waals surface area contributed by atoms with Crippen LogP contribution in [0.3, 0.4) is 0 Å². The van der Waals surface area contributed by atoms with Crippen molar-refractivity contribution in [1.29, 1.82) is 0 Å². The van der Waals surface area contributed by atoms with Crippen LogP contribution in [0.5, 0.6) is 17.2 Å². The molecule has 30 heavy (non-hydrogen) atoms. The van der Waals surface area contributed by atoms with E-state index in [1.807, 2.05) is 0 Å². The fourth-order valence-electron chi connectivity index (χ4n) is 3.57. The number of hydrogen-bond donors (Lipinski definition) is 1. The van der Waals surface area contributed by atoms with Gasteiger partial charge in [-0.3, -0.25) is 9.69 Å². The van der Waals surface area contributed by atoms with Gasteiger partial charge in [-0.25, -0.2) is 0 Å². The van der Waals surface area contributed by atoms with Gasteiger partial charge in [0, 0.05) is 43.4 Å². The first kappa shape index (κ1) is 22.0. The SMILES string of the molecule is CCc1ccc(CN(CCC(=O)Nc2cc(OC)c(OC)c(OC)c2)C2CC2)cc1. The van der Waals surface area contributed by atoms with Crippen molar-refractivity contribution in [3.05, 3.63) is 47.5 Å². The Morgan fingerprint density at radius 3 is 2.10 bits per heavy atom. The summed E-state index contributed by atoms with van der Waals surface area (Å²) in [6.07, 6.45) is 3.90. The molecular formula is C24H32N2O4. The summed E-state index contributed by atoms with van der Waals surface area (Å²) in [7, 11) is 4.67. The molecule has 3 rings (SSSR count). The van der Waals surface area contributed by atoms with Gasteiger partial charge < -0.3 is 19.5 Å². The number of carbonyl (C=O) groups is 1. The number of anilines is 1. The van der Waals surface area contributed by atoms with Gasteiger partial charge in [-0.1, -0.05) is 31.2 Å². The summed E-state index contributed by atoms with van der Waals surface area (Å²) in [6, 6.07) is 12.9. The van der Waals surface area contributed by atoms with E-state index in [-0.39, 0.29) is 5.91 Å². The molecule has 2 aromatic carbocycles. The van der Waals surface area contributed by atoms with Gasteiger partial charge in [0.15, 0.2) is 11.5 Å². The zero-order valence-corrected chi connectivity index (χ0v) is 18.4. The van der Waals surface area contributed by atoms with E-state index in [0.717, 1.165) is 19.5 Å². The van der Waals surface area contributed by atoms with Crippen molar-refractivity contribution in [2.75, 3.05) is 33.2 Å². The van der Waals surface area contributed by atoms with Gasteiger partial charge in [-0.15, -0.1) is 0 Å². The Labute approximate surface area is 179 Å². The summed E-state index contributed by atoms with van der Waals surface area (Å²) in [5.41, 5.74) is 3.27. The number of rotatable bonds is 11. The molecule has 0 bridgehead atoms. The first-order valence-electron chi connectivity index (χ1n) is 10.5. The molecule has 1 N–H and O–H groups in total. The summed E-state index contributed by atoms with van der Waals surface area (Å²) >= 11 is 0. The Morgan fingerprint density at radius 2 is 1.60 bits per heavy atom. The summed E-state index contributed by atoms with van der Waals surface area (Å²) in [5.74, 6) is 1.51. The van der Waals surface area contributed by atoms with Crippen molar-refractivity contribution >= 4 is 11.6 Å². The Hall–Kier alpha value is -2.73. The molecular weight excluding hydrogens is 380 g/mol. The molecule has 1 saturated carbocycles. The predicted molar refractivity (Wildman–Crippen MR) is 119 cm³/mol. The van der Waals surface area contributed by atoms with Crippen LogP contribution in [0, 0.1) is 0 Å². The molecule has 6 heteroatoms. The molecule has 0 aromatic heterocycles. The molecule has 1 aliphatic rings. The van der Waals surface area contributed by atoms with Gasteiger partial charge in [0.2, 0.25) is 11.7 Å². The van der Waals surface area contributed by atoms with Gasteiger partial charge >= 0.3 is 0 Å². The van der Waals surface area contributed by atoms with Crippen LogP contribution in [-0.4, -0.2) is 44.7 Å². The molecule has 6 nitrogen and oxygen atoms in total. The van der Waals surface area contributed by atoms with Crippen LogP contribution in [0.25, 0.3) is 0 Å². The molecule has 162 valence electrons. The summed E-state index contributed by atoms with van der Waals surface area (Å²) in [5, 5.41) is 2.96. The lowest BCUT2D eigenvalue weighted by Gasteiger charge is -2.22. The maximum atomic E-state index is 12.6. The van der Waals surface area contributed by atoms with E-state index in [0.29, 0.717) is 35.4 Å². The fourth-order valence-corrected chi connectivity index (χ4v) is 3.57. The highest BCUT2D eigenvalue weighted by Crippen LogP contribution is 2.40. The van der Waals surface area contributed by atoms with E-state index >= 15 is 0 Å². The van der Waals surface area contributed by atoms with Crippen LogP contribution >= 0.6 is 0 Å². The van der Waals surface area contributed by atoms with Crippen molar-refractivity contribution in [3.63, 3.8) is 0 Å². The zero-order valence-electron chi connectivity index (χ0n) is 18.4. The number of aryl methyl sites for hydroxylation is 1. The normalized spacial score (nSPS) is 13.2.